The Hall–Kier alpha value is -0.870. The molecule has 1 saturated heterocycles. The summed E-state index contributed by atoms with van der Waals surface area (Å²) in [5, 5.41) is 16.7. The van der Waals surface area contributed by atoms with E-state index in [9.17, 15) is 5.11 Å². The summed E-state index contributed by atoms with van der Waals surface area (Å²) in [6.45, 7) is 4.78. The molecule has 1 aliphatic carbocycles. The fourth-order valence-electron chi connectivity index (χ4n) is 3.77. The average molecular weight is 249 g/mol. The molecular formula is C14H23N3O. The van der Waals surface area contributed by atoms with Gasteiger partial charge in [-0.2, -0.15) is 5.10 Å². The van der Waals surface area contributed by atoms with Gasteiger partial charge >= 0.3 is 0 Å². The Morgan fingerprint density at radius 1 is 1.44 bits per heavy atom. The fraction of sp³-hybridized carbons (Fsp3) is 0.786. The van der Waals surface area contributed by atoms with E-state index in [1.807, 2.05) is 0 Å². The Morgan fingerprint density at radius 2 is 2.33 bits per heavy atom. The molecule has 0 saturated carbocycles. The largest absolute Gasteiger partial charge is 0.390 e. The molecule has 2 atom stereocenters. The average Bonchev–Trinajstić information content (AvgIpc) is 2.79. The van der Waals surface area contributed by atoms with E-state index in [1.165, 1.54) is 43.6 Å². The summed E-state index contributed by atoms with van der Waals surface area (Å²) in [5.41, 5.74) is 3.44. The third kappa shape index (κ3) is 1.97. The lowest BCUT2D eigenvalue weighted by molar-refractivity contribution is 0.0845. The van der Waals surface area contributed by atoms with Gasteiger partial charge in [0.15, 0.2) is 0 Å². The molecular weight excluding hydrogens is 226 g/mol. The van der Waals surface area contributed by atoms with Gasteiger partial charge < -0.3 is 5.11 Å². The first-order valence-electron chi connectivity index (χ1n) is 7.23. The summed E-state index contributed by atoms with van der Waals surface area (Å²) in [4.78, 5) is 2.66. The van der Waals surface area contributed by atoms with Crippen LogP contribution in [0, 0.1) is 5.92 Å². The lowest BCUT2D eigenvalue weighted by Crippen LogP contribution is -2.49. The number of likely N-dealkylation sites (tertiary alicyclic amines) is 1. The van der Waals surface area contributed by atoms with Crippen LogP contribution >= 0.6 is 0 Å². The first-order valence-corrected chi connectivity index (χ1v) is 7.23. The summed E-state index contributed by atoms with van der Waals surface area (Å²) in [6.07, 6.45) is 6.10. The lowest BCUT2D eigenvalue weighted by Gasteiger charge is -2.44. The van der Waals surface area contributed by atoms with Crippen molar-refractivity contribution in [3.8, 4) is 0 Å². The van der Waals surface area contributed by atoms with E-state index in [1.54, 1.807) is 0 Å². The van der Waals surface area contributed by atoms with Gasteiger partial charge in [0.05, 0.1) is 12.3 Å². The Balaban J connectivity index is 1.85. The van der Waals surface area contributed by atoms with Crippen LogP contribution in [0.2, 0.25) is 0 Å². The van der Waals surface area contributed by atoms with Gasteiger partial charge in [0, 0.05) is 17.3 Å². The molecule has 0 amide bonds. The highest BCUT2D eigenvalue weighted by molar-refractivity contribution is 5.30. The van der Waals surface area contributed by atoms with E-state index in [2.05, 4.69) is 22.0 Å². The molecule has 0 spiro atoms. The maximum atomic E-state index is 9.35. The Labute approximate surface area is 108 Å². The number of hydrogen-bond donors (Lipinski definition) is 2. The molecule has 3 rings (SSSR count). The second-order valence-corrected chi connectivity index (χ2v) is 5.70. The summed E-state index contributed by atoms with van der Waals surface area (Å²) in [6, 6.07) is 0.675. The number of aliphatic hydroxyl groups excluding tert-OH is 1. The zero-order valence-electron chi connectivity index (χ0n) is 11.2. The number of rotatable bonds is 3. The van der Waals surface area contributed by atoms with E-state index in [4.69, 9.17) is 0 Å². The molecule has 4 nitrogen and oxygen atoms in total. The van der Waals surface area contributed by atoms with E-state index < -0.39 is 0 Å². The highest BCUT2D eigenvalue weighted by Gasteiger charge is 2.36. The van der Waals surface area contributed by atoms with Crippen LogP contribution in [0.5, 0.6) is 0 Å². The summed E-state index contributed by atoms with van der Waals surface area (Å²) >= 11 is 0. The van der Waals surface area contributed by atoms with E-state index in [-0.39, 0.29) is 6.61 Å². The van der Waals surface area contributed by atoms with Crippen LogP contribution in [-0.4, -0.2) is 39.3 Å². The number of aromatic nitrogens is 2. The van der Waals surface area contributed by atoms with Gasteiger partial charge in [-0.25, -0.2) is 0 Å². The van der Waals surface area contributed by atoms with Gasteiger partial charge in [-0.15, -0.1) is 0 Å². The van der Waals surface area contributed by atoms with Crippen LogP contribution in [0.25, 0.3) is 0 Å². The molecule has 2 N–H and O–H groups in total. The molecule has 0 aromatic carbocycles. The van der Waals surface area contributed by atoms with E-state index >= 15 is 0 Å². The van der Waals surface area contributed by atoms with Crippen LogP contribution in [-0.2, 0) is 19.4 Å². The molecule has 1 aromatic heterocycles. The lowest BCUT2D eigenvalue weighted by atomic mass is 9.77. The van der Waals surface area contributed by atoms with Crippen molar-refractivity contribution in [3.05, 3.63) is 17.0 Å². The third-order valence-electron chi connectivity index (χ3n) is 4.61. The first-order chi connectivity index (χ1) is 8.83. The van der Waals surface area contributed by atoms with Crippen LogP contribution in [0.4, 0.5) is 0 Å². The van der Waals surface area contributed by atoms with Crippen LogP contribution < -0.4 is 0 Å². The number of fused-ring (bicyclic) bond motifs is 2. The maximum absolute atomic E-state index is 9.35. The van der Waals surface area contributed by atoms with Crippen molar-refractivity contribution in [1.29, 1.82) is 0 Å². The van der Waals surface area contributed by atoms with Crippen molar-refractivity contribution in [2.75, 3.05) is 13.1 Å². The molecule has 4 heteroatoms. The Bertz CT molecular complexity index is 413. The summed E-state index contributed by atoms with van der Waals surface area (Å²) < 4.78 is 0. The number of nitrogens with zero attached hydrogens (tertiary/aromatic N) is 2. The summed E-state index contributed by atoms with van der Waals surface area (Å²) in [7, 11) is 0. The molecule has 100 valence electrons. The fourth-order valence-corrected chi connectivity index (χ4v) is 3.77. The molecule has 1 aliphatic heterocycles. The Morgan fingerprint density at radius 3 is 3.11 bits per heavy atom. The molecule has 0 bridgehead atoms. The smallest absolute Gasteiger partial charge is 0.0911 e. The van der Waals surface area contributed by atoms with Crippen molar-refractivity contribution in [3.63, 3.8) is 0 Å². The quantitative estimate of drug-likeness (QED) is 0.853. The second-order valence-electron chi connectivity index (χ2n) is 5.70. The summed E-state index contributed by atoms with van der Waals surface area (Å²) in [5.74, 6) is 0.782. The normalized spacial score (nSPS) is 27.9. The molecule has 18 heavy (non-hydrogen) atoms. The second kappa shape index (κ2) is 5.02. The molecule has 2 heterocycles. The van der Waals surface area contributed by atoms with Crippen molar-refractivity contribution >= 4 is 0 Å². The van der Waals surface area contributed by atoms with Gasteiger partial charge in [-0.1, -0.05) is 6.92 Å². The molecule has 2 aliphatic rings. The van der Waals surface area contributed by atoms with E-state index in [0.29, 0.717) is 6.04 Å². The molecule has 0 unspecified atom stereocenters. The number of nitrogens with one attached hydrogen (secondary N) is 1. The third-order valence-corrected chi connectivity index (χ3v) is 4.61. The van der Waals surface area contributed by atoms with Gasteiger partial charge in [-0.05, 0) is 51.1 Å². The van der Waals surface area contributed by atoms with Crippen molar-refractivity contribution in [2.45, 2.75) is 51.7 Å². The predicted molar refractivity (Wildman–Crippen MR) is 70.3 cm³/mol. The van der Waals surface area contributed by atoms with Crippen LogP contribution in [0.15, 0.2) is 0 Å². The SMILES string of the molecule is CCCN1CCC[C@@H]2Cc3[nH]nc(CO)c3C[C@H]21. The number of hydrogen-bond acceptors (Lipinski definition) is 3. The maximum Gasteiger partial charge on any atom is 0.0911 e. The standard InChI is InChI=1S/C14H23N3O/c1-2-5-17-6-3-4-10-7-12-11(8-14(10)17)13(9-18)16-15-12/h10,14,18H,2-9H2,1H3,(H,15,16)/t10-,14-/m1/s1. The minimum Gasteiger partial charge on any atom is -0.390 e. The van der Waals surface area contributed by atoms with Crippen molar-refractivity contribution in [1.82, 2.24) is 15.1 Å². The van der Waals surface area contributed by atoms with Crippen molar-refractivity contribution in [2.24, 2.45) is 5.92 Å². The number of aromatic amines is 1. The minimum atomic E-state index is 0.0665. The Kier molecular flexibility index (Phi) is 3.39. The van der Waals surface area contributed by atoms with Gasteiger partial charge in [0.25, 0.3) is 0 Å². The molecule has 1 aromatic rings. The minimum absolute atomic E-state index is 0.0665. The zero-order chi connectivity index (χ0) is 12.5. The number of piperidine rings is 1. The predicted octanol–water partition coefficient (Wildman–Crippen LogP) is 1.49. The number of H-pyrrole nitrogens is 1. The van der Waals surface area contributed by atoms with Gasteiger partial charge in [-0.3, -0.25) is 10.00 Å². The molecule has 0 radical (unpaired) electrons. The van der Waals surface area contributed by atoms with Gasteiger partial charge in [0.2, 0.25) is 0 Å². The van der Waals surface area contributed by atoms with Crippen molar-refractivity contribution < 1.29 is 5.11 Å². The highest BCUT2D eigenvalue weighted by Crippen LogP contribution is 2.35. The van der Waals surface area contributed by atoms with Crippen LogP contribution in [0.3, 0.4) is 0 Å². The number of aliphatic hydroxyl groups is 1. The van der Waals surface area contributed by atoms with Gasteiger partial charge in [0.1, 0.15) is 0 Å². The molecule has 1 fully saturated rings. The van der Waals surface area contributed by atoms with Crippen LogP contribution in [0.1, 0.15) is 43.1 Å². The zero-order valence-corrected chi connectivity index (χ0v) is 11.2. The first kappa shape index (κ1) is 12.2. The topological polar surface area (TPSA) is 52.2 Å². The highest BCUT2D eigenvalue weighted by atomic mass is 16.3. The van der Waals surface area contributed by atoms with E-state index in [0.717, 1.165) is 24.5 Å². The monoisotopic (exact) mass is 249 g/mol.